The van der Waals surface area contributed by atoms with Gasteiger partial charge in [-0.3, -0.25) is 0 Å². The molecule has 0 aliphatic rings. The molecule has 4 atom stereocenters. The molecular formula is C22H45F. The fraction of sp³-hybridized carbons (Fsp3) is 1.00. The largest absolute Gasteiger partial charge is 0.248 e. The van der Waals surface area contributed by atoms with Gasteiger partial charge in [0.1, 0.15) is 0 Å². The van der Waals surface area contributed by atoms with Crippen molar-refractivity contribution >= 4 is 0 Å². The van der Waals surface area contributed by atoms with Crippen LogP contribution in [-0.4, -0.2) is 6.17 Å². The van der Waals surface area contributed by atoms with Gasteiger partial charge in [0.25, 0.3) is 0 Å². The van der Waals surface area contributed by atoms with Gasteiger partial charge in [-0.15, -0.1) is 0 Å². The smallest absolute Gasteiger partial charge is 0.0999 e. The molecule has 0 radical (unpaired) electrons. The standard InChI is InChI=1S/C22H45F/c1-9-14-20(22(8,13-5)17-10-2)19(21(6,7)12-4)16-15-18(23)11-3/h18-20H,9-17H2,1-8H3. The molecule has 1 heteroatoms. The second-order valence-corrected chi connectivity index (χ2v) is 8.68. The summed E-state index contributed by atoms with van der Waals surface area (Å²) in [5.41, 5.74) is 0.706. The second-order valence-electron chi connectivity index (χ2n) is 8.68. The molecule has 0 heterocycles. The van der Waals surface area contributed by atoms with Gasteiger partial charge < -0.3 is 0 Å². The van der Waals surface area contributed by atoms with Crippen molar-refractivity contribution in [1.82, 2.24) is 0 Å². The first kappa shape index (κ1) is 22.9. The first-order chi connectivity index (χ1) is 10.7. The Kier molecular flexibility index (Phi) is 10.7. The number of alkyl halides is 1. The molecule has 0 fully saturated rings. The van der Waals surface area contributed by atoms with Crippen LogP contribution in [0.3, 0.4) is 0 Å². The molecule has 0 aromatic rings. The Balaban J connectivity index is 5.54. The minimum Gasteiger partial charge on any atom is -0.248 e. The first-order valence-corrected chi connectivity index (χ1v) is 10.4. The molecule has 4 unspecified atom stereocenters. The molecule has 23 heavy (non-hydrogen) atoms. The van der Waals surface area contributed by atoms with E-state index in [1.165, 1.54) is 38.5 Å². The zero-order valence-electron chi connectivity index (χ0n) is 17.5. The van der Waals surface area contributed by atoms with Crippen LogP contribution >= 0.6 is 0 Å². The van der Waals surface area contributed by atoms with Crippen LogP contribution in [0.2, 0.25) is 0 Å². The van der Waals surface area contributed by atoms with Crippen LogP contribution < -0.4 is 0 Å². The third-order valence-corrected chi connectivity index (χ3v) is 6.76. The van der Waals surface area contributed by atoms with Crippen molar-refractivity contribution in [3.63, 3.8) is 0 Å². The molecule has 0 amide bonds. The van der Waals surface area contributed by atoms with Crippen LogP contribution in [-0.2, 0) is 0 Å². The minimum absolute atomic E-state index is 0.303. The second kappa shape index (κ2) is 10.7. The van der Waals surface area contributed by atoms with Crippen molar-refractivity contribution in [2.75, 3.05) is 0 Å². The molecule has 0 N–H and O–H groups in total. The maximum atomic E-state index is 14.0. The number of hydrogen-bond acceptors (Lipinski definition) is 0. The fourth-order valence-electron chi connectivity index (χ4n) is 4.51. The molecule has 0 spiro atoms. The Labute approximate surface area is 147 Å². The van der Waals surface area contributed by atoms with Gasteiger partial charge in [-0.2, -0.15) is 0 Å². The van der Waals surface area contributed by atoms with Gasteiger partial charge in [0.05, 0.1) is 6.17 Å². The predicted molar refractivity (Wildman–Crippen MR) is 104 cm³/mol. The maximum Gasteiger partial charge on any atom is 0.0999 e. The molecule has 0 saturated heterocycles. The van der Waals surface area contributed by atoms with E-state index in [1.807, 2.05) is 6.92 Å². The molecule has 0 saturated carbocycles. The zero-order valence-corrected chi connectivity index (χ0v) is 17.5. The van der Waals surface area contributed by atoms with Gasteiger partial charge in [-0.25, -0.2) is 4.39 Å². The van der Waals surface area contributed by atoms with Crippen LogP contribution in [0.25, 0.3) is 0 Å². The maximum absolute atomic E-state index is 14.0. The van der Waals surface area contributed by atoms with E-state index in [2.05, 4.69) is 48.5 Å². The monoisotopic (exact) mass is 328 g/mol. The van der Waals surface area contributed by atoms with Gasteiger partial charge in [0, 0.05) is 0 Å². The van der Waals surface area contributed by atoms with Gasteiger partial charge in [-0.1, -0.05) is 81.1 Å². The van der Waals surface area contributed by atoms with E-state index in [0.29, 0.717) is 23.2 Å². The van der Waals surface area contributed by atoms with E-state index in [-0.39, 0.29) is 0 Å². The van der Waals surface area contributed by atoms with Crippen molar-refractivity contribution < 1.29 is 4.39 Å². The summed E-state index contributed by atoms with van der Waals surface area (Å²) in [6.45, 7) is 18.6. The molecule has 0 aromatic carbocycles. The summed E-state index contributed by atoms with van der Waals surface area (Å²) in [5.74, 6) is 1.35. The Hall–Kier alpha value is -0.0700. The van der Waals surface area contributed by atoms with Crippen LogP contribution in [0.4, 0.5) is 4.39 Å². The summed E-state index contributed by atoms with van der Waals surface area (Å²) >= 11 is 0. The number of halogens is 1. The highest BCUT2D eigenvalue weighted by Crippen LogP contribution is 2.51. The van der Waals surface area contributed by atoms with Gasteiger partial charge in [0.2, 0.25) is 0 Å². The highest BCUT2D eigenvalue weighted by atomic mass is 19.1. The van der Waals surface area contributed by atoms with E-state index in [0.717, 1.165) is 18.8 Å². The third kappa shape index (κ3) is 6.75. The van der Waals surface area contributed by atoms with Crippen LogP contribution in [0.5, 0.6) is 0 Å². The molecular weight excluding hydrogens is 283 g/mol. The zero-order chi connectivity index (χ0) is 18.1. The number of rotatable bonds is 13. The average Bonchev–Trinajstić information content (AvgIpc) is 2.53. The van der Waals surface area contributed by atoms with E-state index in [1.54, 1.807) is 0 Å². The third-order valence-electron chi connectivity index (χ3n) is 6.76. The van der Waals surface area contributed by atoms with Crippen LogP contribution in [0.15, 0.2) is 0 Å². The lowest BCUT2D eigenvalue weighted by Crippen LogP contribution is -2.40. The van der Waals surface area contributed by atoms with Crippen molar-refractivity contribution in [3.8, 4) is 0 Å². The van der Waals surface area contributed by atoms with Crippen molar-refractivity contribution in [1.29, 1.82) is 0 Å². The van der Waals surface area contributed by atoms with E-state index in [9.17, 15) is 4.39 Å². The topological polar surface area (TPSA) is 0 Å². The van der Waals surface area contributed by atoms with Crippen molar-refractivity contribution in [2.45, 2.75) is 119 Å². The highest BCUT2D eigenvalue weighted by Gasteiger charge is 2.42. The van der Waals surface area contributed by atoms with E-state index >= 15 is 0 Å². The average molecular weight is 329 g/mol. The summed E-state index contributed by atoms with van der Waals surface area (Å²) in [5, 5.41) is 0. The first-order valence-electron chi connectivity index (χ1n) is 10.4. The Morgan fingerprint density at radius 2 is 1.35 bits per heavy atom. The molecule has 140 valence electrons. The lowest BCUT2D eigenvalue weighted by Gasteiger charge is -2.48. The van der Waals surface area contributed by atoms with Crippen molar-refractivity contribution in [3.05, 3.63) is 0 Å². The van der Waals surface area contributed by atoms with Crippen molar-refractivity contribution in [2.24, 2.45) is 22.7 Å². The van der Waals surface area contributed by atoms with E-state index < -0.39 is 6.17 Å². The minimum atomic E-state index is -0.619. The molecule has 0 aromatic heterocycles. The summed E-state index contributed by atoms with van der Waals surface area (Å²) < 4.78 is 14.0. The molecule has 0 rings (SSSR count). The van der Waals surface area contributed by atoms with Gasteiger partial charge >= 0.3 is 0 Å². The summed E-state index contributed by atoms with van der Waals surface area (Å²) in [6.07, 6.45) is 9.37. The highest BCUT2D eigenvalue weighted by molar-refractivity contribution is 4.92. The quantitative estimate of drug-likeness (QED) is 0.319. The summed E-state index contributed by atoms with van der Waals surface area (Å²) in [4.78, 5) is 0. The molecule has 0 nitrogen and oxygen atoms in total. The lowest BCUT2D eigenvalue weighted by atomic mass is 9.57. The van der Waals surface area contributed by atoms with Crippen LogP contribution in [0.1, 0.15) is 113 Å². The lowest BCUT2D eigenvalue weighted by molar-refractivity contribution is 0.0111. The Bertz CT molecular complexity index is 296. The normalized spacial score (nSPS) is 19.2. The Morgan fingerprint density at radius 3 is 1.74 bits per heavy atom. The van der Waals surface area contributed by atoms with Gasteiger partial charge in [0.15, 0.2) is 0 Å². The van der Waals surface area contributed by atoms with Gasteiger partial charge in [-0.05, 0) is 54.8 Å². The fourth-order valence-corrected chi connectivity index (χ4v) is 4.51. The molecule has 0 aliphatic carbocycles. The summed E-state index contributed by atoms with van der Waals surface area (Å²) in [7, 11) is 0. The Morgan fingerprint density at radius 1 is 0.739 bits per heavy atom. The van der Waals surface area contributed by atoms with E-state index in [4.69, 9.17) is 0 Å². The predicted octanol–water partition coefficient (Wildman–Crippen LogP) is 8.20. The molecule has 0 bridgehead atoms. The van der Waals surface area contributed by atoms with Crippen LogP contribution in [0, 0.1) is 22.7 Å². The number of hydrogen-bond donors (Lipinski definition) is 0. The molecule has 0 aliphatic heterocycles. The summed E-state index contributed by atoms with van der Waals surface area (Å²) in [6, 6.07) is 0. The SMILES string of the molecule is CCCC(C(CCC(F)CC)C(C)(C)CC)C(C)(CC)CCC.